The van der Waals surface area contributed by atoms with Crippen LogP contribution in [-0.2, 0) is 9.53 Å². The predicted octanol–water partition coefficient (Wildman–Crippen LogP) is 1.46. The minimum atomic E-state index is -0.749. The second kappa shape index (κ2) is 6.87. The lowest BCUT2D eigenvalue weighted by Crippen LogP contribution is -2.57. The summed E-state index contributed by atoms with van der Waals surface area (Å²) < 4.78 is 18.8. The van der Waals surface area contributed by atoms with Gasteiger partial charge >= 0.3 is 5.97 Å². The third-order valence-electron chi connectivity index (χ3n) is 3.22. The Hall–Kier alpha value is -1.66. The second-order valence-corrected chi connectivity index (χ2v) is 5.03. The Morgan fingerprint density at radius 1 is 1.52 bits per heavy atom. The van der Waals surface area contributed by atoms with Crippen molar-refractivity contribution in [3.05, 3.63) is 34.6 Å². The molecule has 0 saturated carbocycles. The number of hydrogen-bond donors (Lipinski definition) is 1. The molecule has 114 valence electrons. The quantitative estimate of drug-likeness (QED) is 0.858. The van der Waals surface area contributed by atoms with E-state index >= 15 is 0 Å². The summed E-state index contributed by atoms with van der Waals surface area (Å²) in [5, 5.41) is 3.24. The normalized spacial score (nSPS) is 18.4. The van der Waals surface area contributed by atoms with Gasteiger partial charge in [-0.3, -0.25) is 4.79 Å². The molecule has 7 heteroatoms. The maximum absolute atomic E-state index is 13.9. The number of piperazine rings is 1. The first-order valence-corrected chi connectivity index (χ1v) is 7.05. The molecule has 1 heterocycles. The highest BCUT2D eigenvalue weighted by atomic mass is 35.5. The molecule has 1 fully saturated rings. The number of hydrogen-bond acceptors (Lipinski definition) is 4. The van der Waals surface area contributed by atoms with Gasteiger partial charge in [-0.2, -0.15) is 0 Å². The summed E-state index contributed by atoms with van der Waals surface area (Å²) in [6, 6.07) is 3.10. The number of nitrogens with zero attached hydrogens (tertiary/aromatic N) is 1. The van der Waals surface area contributed by atoms with Crippen LogP contribution in [0.25, 0.3) is 0 Å². The van der Waals surface area contributed by atoms with Gasteiger partial charge in [0.15, 0.2) is 0 Å². The number of rotatable bonds is 3. The van der Waals surface area contributed by atoms with Crippen molar-refractivity contribution in [3.63, 3.8) is 0 Å². The smallest absolute Gasteiger partial charge is 0.330 e. The van der Waals surface area contributed by atoms with Crippen LogP contribution in [0.1, 0.15) is 17.3 Å². The molecule has 1 atom stereocenters. The fourth-order valence-electron chi connectivity index (χ4n) is 2.21. The number of amides is 1. The fourth-order valence-corrected chi connectivity index (χ4v) is 2.37. The zero-order valence-corrected chi connectivity index (χ0v) is 12.3. The van der Waals surface area contributed by atoms with Gasteiger partial charge in [0, 0.05) is 24.7 Å². The lowest BCUT2D eigenvalue weighted by molar-refractivity contribution is -0.149. The number of halogens is 2. The molecule has 0 bridgehead atoms. The summed E-state index contributed by atoms with van der Waals surface area (Å²) >= 11 is 5.68. The third-order valence-corrected chi connectivity index (χ3v) is 3.46. The Balaban J connectivity index is 2.24. The minimum Gasteiger partial charge on any atom is -0.464 e. The van der Waals surface area contributed by atoms with Crippen molar-refractivity contribution >= 4 is 23.5 Å². The van der Waals surface area contributed by atoms with E-state index in [4.69, 9.17) is 16.3 Å². The molecule has 0 radical (unpaired) electrons. The van der Waals surface area contributed by atoms with E-state index in [1.54, 1.807) is 6.92 Å². The van der Waals surface area contributed by atoms with Gasteiger partial charge in [0.25, 0.3) is 5.91 Å². The molecule has 1 unspecified atom stereocenters. The Labute approximate surface area is 127 Å². The Morgan fingerprint density at radius 3 is 2.95 bits per heavy atom. The van der Waals surface area contributed by atoms with Crippen LogP contribution in [0, 0.1) is 5.82 Å². The molecule has 0 aliphatic carbocycles. The van der Waals surface area contributed by atoms with Crippen LogP contribution in [-0.4, -0.2) is 49.1 Å². The number of benzene rings is 1. The first-order valence-electron chi connectivity index (χ1n) is 6.68. The maximum atomic E-state index is 13.9. The molecule has 0 aromatic heterocycles. The highest BCUT2D eigenvalue weighted by molar-refractivity contribution is 6.30. The number of nitrogens with one attached hydrogen (secondary N) is 1. The summed E-state index contributed by atoms with van der Waals surface area (Å²) in [6.07, 6.45) is 0. The van der Waals surface area contributed by atoms with Crippen LogP contribution in [0.3, 0.4) is 0 Å². The first-order chi connectivity index (χ1) is 10.0. The van der Waals surface area contributed by atoms with Gasteiger partial charge in [0.2, 0.25) is 0 Å². The van der Waals surface area contributed by atoms with Crippen molar-refractivity contribution in [1.82, 2.24) is 10.2 Å². The van der Waals surface area contributed by atoms with Gasteiger partial charge in [0.1, 0.15) is 11.9 Å². The van der Waals surface area contributed by atoms with E-state index in [1.807, 2.05) is 0 Å². The third kappa shape index (κ3) is 3.51. The number of ether oxygens (including phenoxy) is 1. The predicted molar refractivity (Wildman–Crippen MR) is 75.7 cm³/mol. The molecule has 21 heavy (non-hydrogen) atoms. The Morgan fingerprint density at radius 2 is 2.29 bits per heavy atom. The largest absolute Gasteiger partial charge is 0.464 e. The maximum Gasteiger partial charge on any atom is 0.330 e. The average Bonchev–Trinajstić information content (AvgIpc) is 2.47. The topological polar surface area (TPSA) is 58.6 Å². The lowest BCUT2D eigenvalue weighted by atomic mass is 10.1. The van der Waals surface area contributed by atoms with Crippen molar-refractivity contribution in [2.75, 3.05) is 26.2 Å². The molecule has 0 spiro atoms. The van der Waals surface area contributed by atoms with Gasteiger partial charge in [-0.05, 0) is 25.1 Å². The van der Waals surface area contributed by atoms with E-state index in [9.17, 15) is 14.0 Å². The van der Waals surface area contributed by atoms with Crippen molar-refractivity contribution in [3.8, 4) is 0 Å². The van der Waals surface area contributed by atoms with E-state index in [0.717, 1.165) is 6.07 Å². The van der Waals surface area contributed by atoms with Gasteiger partial charge in [-0.1, -0.05) is 11.6 Å². The number of esters is 1. The van der Waals surface area contributed by atoms with Crippen LogP contribution in [0.15, 0.2) is 18.2 Å². The number of carbonyl (C=O) groups excluding carboxylic acids is 2. The molecular formula is C14H16ClFN2O3. The standard InChI is InChI=1S/C14H16ClFN2O3/c1-2-21-14(20)12-8-17-5-6-18(12)13(19)10-4-3-9(15)7-11(10)16/h3-4,7,12,17H,2,5-6,8H2,1H3. The van der Waals surface area contributed by atoms with Gasteiger partial charge in [-0.15, -0.1) is 0 Å². The molecule has 1 aliphatic rings. The Bertz CT molecular complexity index is 553. The SMILES string of the molecule is CCOC(=O)C1CNCCN1C(=O)c1ccc(Cl)cc1F. The summed E-state index contributed by atoms with van der Waals surface area (Å²) in [5.74, 6) is -1.73. The molecule has 1 N–H and O–H groups in total. The van der Waals surface area contributed by atoms with E-state index in [1.165, 1.54) is 17.0 Å². The Kier molecular flexibility index (Phi) is 5.14. The van der Waals surface area contributed by atoms with Crippen LogP contribution in [0.2, 0.25) is 5.02 Å². The monoisotopic (exact) mass is 314 g/mol. The highest BCUT2D eigenvalue weighted by Crippen LogP contribution is 2.18. The molecule has 1 amide bonds. The van der Waals surface area contributed by atoms with Crippen LogP contribution in [0.4, 0.5) is 4.39 Å². The highest BCUT2D eigenvalue weighted by Gasteiger charge is 2.34. The molecule has 1 saturated heterocycles. The van der Waals surface area contributed by atoms with E-state index in [2.05, 4.69) is 5.32 Å². The summed E-state index contributed by atoms with van der Waals surface area (Å²) in [7, 11) is 0. The number of carbonyl (C=O) groups is 2. The zero-order chi connectivity index (χ0) is 15.4. The molecule has 1 aliphatic heterocycles. The summed E-state index contributed by atoms with van der Waals surface area (Å²) in [4.78, 5) is 25.7. The zero-order valence-electron chi connectivity index (χ0n) is 11.6. The molecule has 1 aromatic rings. The fraction of sp³-hybridized carbons (Fsp3) is 0.429. The van der Waals surface area contributed by atoms with Crippen molar-refractivity contribution < 1.29 is 18.7 Å². The summed E-state index contributed by atoms with van der Waals surface area (Å²) in [5.41, 5.74) is -0.101. The summed E-state index contributed by atoms with van der Waals surface area (Å²) in [6.45, 7) is 3.06. The van der Waals surface area contributed by atoms with Crippen molar-refractivity contribution in [2.45, 2.75) is 13.0 Å². The van der Waals surface area contributed by atoms with Crippen LogP contribution < -0.4 is 5.32 Å². The van der Waals surface area contributed by atoms with E-state index < -0.39 is 23.7 Å². The molecule has 1 aromatic carbocycles. The molecular weight excluding hydrogens is 299 g/mol. The average molecular weight is 315 g/mol. The molecule has 5 nitrogen and oxygen atoms in total. The first kappa shape index (κ1) is 15.7. The van der Waals surface area contributed by atoms with Crippen molar-refractivity contribution in [1.29, 1.82) is 0 Å². The second-order valence-electron chi connectivity index (χ2n) is 4.59. The van der Waals surface area contributed by atoms with Gasteiger partial charge < -0.3 is 15.0 Å². The van der Waals surface area contributed by atoms with Gasteiger partial charge in [-0.25, -0.2) is 9.18 Å². The minimum absolute atomic E-state index is 0.101. The van der Waals surface area contributed by atoms with Crippen molar-refractivity contribution in [2.24, 2.45) is 0 Å². The van der Waals surface area contributed by atoms with Gasteiger partial charge in [0.05, 0.1) is 12.2 Å². The van der Waals surface area contributed by atoms with Crippen LogP contribution >= 0.6 is 11.6 Å². The molecule has 2 rings (SSSR count). The van der Waals surface area contributed by atoms with E-state index in [-0.39, 0.29) is 17.2 Å². The van der Waals surface area contributed by atoms with Crippen LogP contribution in [0.5, 0.6) is 0 Å². The lowest BCUT2D eigenvalue weighted by Gasteiger charge is -2.34. The van der Waals surface area contributed by atoms with E-state index in [0.29, 0.717) is 19.6 Å².